The third kappa shape index (κ3) is 4.39. The zero-order valence-corrected chi connectivity index (χ0v) is 11.4. The minimum absolute atomic E-state index is 0.0825. The molecule has 1 heterocycles. The van der Waals surface area contributed by atoms with Crippen LogP contribution in [0.2, 0.25) is 4.34 Å². The summed E-state index contributed by atoms with van der Waals surface area (Å²) >= 11 is 7.37. The highest BCUT2D eigenvalue weighted by atomic mass is 35.5. The zero-order chi connectivity index (χ0) is 12.8. The van der Waals surface area contributed by atoms with Crippen molar-refractivity contribution in [2.45, 2.75) is 25.9 Å². The molecule has 2 N–H and O–H groups in total. The van der Waals surface area contributed by atoms with E-state index >= 15 is 0 Å². The summed E-state index contributed by atoms with van der Waals surface area (Å²) in [6, 6.07) is 3.60. The maximum absolute atomic E-state index is 11.6. The Balaban J connectivity index is 2.48. The summed E-state index contributed by atoms with van der Waals surface area (Å²) in [6.07, 6.45) is 5.07. The largest absolute Gasteiger partial charge is 0.344 e. The number of amides is 1. The number of thiophene rings is 1. The fourth-order valence-corrected chi connectivity index (χ4v) is 2.46. The van der Waals surface area contributed by atoms with Crippen molar-refractivity contribution in [2.24, 2.45) is 0 Å². The molecule has 2 unspecified atom stereocenters. The Kier molecular flexibility index (Phi) is 5.49. The van der Waals surface area contributed by atoms with Crippen LogP contribution in [0.1, 0.15) is 24.8 Å². The first kappa shape index (κ1) is 14.0. The molecule has 1 amide bonds. The van der Waals surface area contributed by atoms with E-state index in [-0.39, 0.29) is 24.5 Å². The highest BCUT2D eigenvalue weighted by Crippen LogP contribution is 2.26. The van der Waals surface area contributed by atoms with E-state index in [1.165, 1.54) is 11.3 Å². The first-order valence-corrected chi connectivity index (χ1v) is 6.46. The van der Waals surface area contributed by atoms with Crippen LogP contribution in [0.3, 0.4) is 0 Å². The van der Waals surface area contributed by atoms with Crippen molar-refractivity contribution in [3.05, 3.63) is 21.3 Å². The van der Waals surface area contributed by atoms with E-state index in [0.29, 0.717) is 0 Å². The molecule has 92 valence electrons. The molecular formula is C12H15ClN2OS. The summed E-state index contributed by atoms with van der Waals surface area (Å²) in [6.45, 7) is 4.05. The second kappa shape index (κ2) is 6.65. The topological polar surface area (TPSA) is 41.1 Å². The molecule has 0 aliphatic carbocycles. The molecule has 17 heavy (non-hydrogen) atoms. The van der Waals surface area contributed by atoms with E-state index in [0.717, 1.165) is 9.21 Å². The van der Waals surface area contributed by atoms with Crippen molar-refractivity contribution in [1.29, 1.82) is 0 Å². The van der Waals surface area contributed by atoms with Gasteiger partial charge in [0, 0.05) is 10.9 Å². The molecule has 0 saturated carbocycles. The van der Waals surface area contributed by atoms with Crippen LogP contribution < -0.4 is 10.6 Å². The summed E-state index contributed by atoms with van der Waals surface area (Å²) in [5.41, 5.74) is 0. The van der Waals surface area contributed by atoms with Gasteiger partial charge in [0.25, 0.3) is 0 Å². The lowest BCUT2D eigenvalue weighted by Gasteiger charge is -2.18. The number of carbonyl (C=O) groups is 1. The zero-order valence-electron chi connectivity index (χ0n) is 9.79. The molecule has 0 radical (unpaired) electrons. The SMILES string of the molecule is C#CCNC(=O)C(C)NC(C)c1ccc(Cl)s1. The van der Waals surface area contributed by atoms with Crippen molar-refractivity contribution in [2.75, 3.05) is 6.54 Å². The minimum atomic E-state index is -0.292. The Bertz CT molecular complexity index is 424. The smallest absolute Gasteiger partial charge is 0.237 e. The Morgan fingerprint density at radius 3 is 2.82 bits per heavy atom. The third-order valence-corrected chi connectivity index (χ3v) is 3.69. The molecule has 0 fully saturated rings. The van der Waals surface area contributed by atoms with Crippen molar-refractivity contribution in [3.63, 3.8) is 0 Å². The van der Waals surface area contributed by atoms with Gasteiger partial charge in [0.05, 0.1) is 16.9 Å². The quantitative estimate of drug-likeness (QED) is 0.806. The van der Waals surface area contributed by atoms with E-state index in [1.54, 1.807) is 6.92 Å². The van der Waals surface area contributed by atoms with Gasteiger partial charge in [-0.05, 0) is 26.0 Å². The minimum Gasteiger partial charge on any atom is -0.344 e. The Hall–Kier alpha value is -1.02. The summed E-state index contributed by atoms with van der Waals surface area (Å²) in [5.74, 6) is 2.27. The molecule has 1 rings (SSSR count). The molecule has 1 aromatic heterocycles. The molecule has 0 bridgehead atoms. The fourth-order valence-electron chi connectivity index (χ4n) is 1.39. The lowest BCUT2D eigenvalue weighted by atomic mass is 10.2. The second-order valence-electron chi connectivity index (χ2n) is 3.67. The normalized spacial score (nSPS) is 13.8. The fraction of sp³-hybridized carbons (Fsp3) is 0.417. The first-order valence-electron chi connectivity index (χ1n) is 5.27. The average molecular weight is 271 g/mol. The molecule has 0 aliphatic heterocycles. The van der Waals surface area contributed by atoms with Crippen LogP contribution in [-0.4, -0.2) is 18.5 Å². The van der Waals surface area contributed by atoms with E-state index < -0.39 is 0 Å². The number of carbonyl (C=O) groups excluding carboxylic acids is 1. The van der Waals surface area contributed by atoms with Gasteiger partial charge in [0.2, 0.25) is 5.91 Å². The molecule has 0 aliphatic rings. The maximum atomic E-state index is 11.6. The van der Waals surface area contributed by atoms with Gasteiger partial charge in [-0.1, -0.05) is 17.5 Å². The predicted octanol–water partition coefficient (Wildman–Crippen LogP) is 2.19. The van der Waals surface area contributed by atoms with Crippen molar-refractivity contribution in [3.8, 4) is 12.3 Å². The Labute approximate surface area is 111 Å². The molecule has 1 aromatic rings. The Morgan fingerprint density at radius 1 is 1.59 bits per heavy atom. The number of halogens is 1. The summed E-state index contributed by atoms with van der Waals surface area (Å²) in [4.78, 5) is 12.7. The molecular weight excluding hydrogens is 256 g/mol. The third-order valence-electron chi connectivity index (χ3n) is 2.28. The number of rotatable bonds is 5. The van der Waals surface area contributed by atoms with E-state index in [4.69, 9.17) is 18.0 Å². The van der Waals surface area contributed by atoms with Crippen LogP contribution in [-0.2, 0) is 4.79 Å². The second-order valence-corrected chi connectivity index (χ2v) is 5.42. The molecule has 0 spiro atoms. The van der Waals surface area contributed by atoms with Crippen molar-refractivity contribution < 1.29 is 4.79 Å². The van der Waals surface area contributed by atoms with Crippen molar-refractivity contribution in [1.82, 2.24) is 10.6 Å². The van der Waals surface area contributed by atoms with Crippen LogP contribution in [0.15, 0.2) is 12.1 Å². The Morgan fingerprint density at radius 2 is 2.29 bits per heavy atom. The van der Waals surface area contributed by atoms with E-state index in [9.17, 15) is 4.79 Å². The molecule has 2 atom stereocenters. The lowest BCUT2D eigenvalue weighted by molar-refractivity contribution is -0.122. The molecule has 0 aromatic carbocycles. The van der Waals surface area contributed by atoms with Gasteiger partial charge in [-0.3, -0.25) is 10.1 Å². The van der Waals surface area contributed by atoms with Gasteiger partial charge >= 0.3 is 0 Å². The summed E-state index contributed by atoms with van der Waals surface area (Å²) in [7, 11) is 0. The molecule has 5 heteroatoms. The van der Waals surface area contributed by atoms with Gasteiger partial charge in [-0.25, -0.2) is 0 Å². The van der Waals surface area contributed by atoms with Gasteiger partial charge in [0.1, 0.15) is 0 Å². The highest BCUT2D eigenvalue weighted by molar-refractivity contribution is 7.16. The standard InChI is InChI=1S/C12H15ClN2OS/c1-4-7-14-12(16)9(3)15-8(2)10-5-6-11(13)17-10/h1,5-6,8-9,15H,7H2,2-3H3,(H,14,16). The summed E-state index contributed by atoms with van der Waals surface area (Å²) < 4.78 is 0.748. The predicted molar refractivity (Wildman–Crippen MR) is 72.2 cm³/mol. The number of nitrogens with one attached hydrogen (secondary N) is 2. The van der Waals surface area contributed by atoms with Crippen LogP contribution in [0.4, 0.5) is 0 Å². The van der Waals surface area contributed by atoms with Crippen molar-refractivity contribution >= 4 is 28.8 Å². The number of hydrogen-bond acceptors (Lipinski definition) is 3. The van der Waals surface area contributed by atoms with Crippen LogP contribution in [0, 0.1) is 12.3 Å². The van der Waals surface area contributed by atoms with Gasteiger partial charge in [0.15, 0.2) is 0 Å². The number of terminal acetylenes is 1. The van der Waals surface area contributed by atoms with Crippen LogP contribution in [0.25, 0.3) is 0 Å². The van der Waals surface area contributed by atoms with Crippen LogP contribution >= 0.6 is 22.9 Å². The summed E-state index contributed by atoms with van der Waals surface area (Å²) in [5, 5.41) is 5.82. The average Bonchev–Trinajstić information content (AvgIpc) is 2.72. The van der Waals surface area contributed by atoms with Crippen LogP contribution in [0.5, 0.6) is 0 Å². The van der Waals surface area contributed by atoms with Gasteiger partial charge in [-0.2, -0.15) is 0 Å². The maximum Gasteiger partial charge on any atom is 0.237 e. The highest BCUT2D eigenvalue weighted by Gasteiger charge is 2.16. The van der Waals surface area contributed by atoms with E-state index in [2.05, 4.69) is 16.6 Å². The number of hydrogen-bond donors (Lipinski definition) is 2. The molecule has 3 nitrogen and oxygen atoms in total. The molecule has 0 saturated heterocycles. The lowest BCUT2D eigenvalue weighted by Crippen LogP contribution is -2.43. The monoisotopic (exact) mass is 270 g/mol. The van der Waals surface area contributed by atoms with Gasteiger partial charge in [-0.15, -0.1) is 17.8 Å². The van der Waals surface area contributed by atoms with E-state index in [1.807, 2.05) is 19.1 Å². The van der Waals surface area contributed by atoms with Gasteiger partial charge < -0.3 is 5.32 Å². The first-order chi connectivity index (χ1) is 8.04.